The third-order valence-electron chi connectivity index (χ3n) is 3.87. The van der Waals surface area contributed by atoms with Gasteiger partial charge in [0.05, 0.1) is 5.71 Å². The van der Waals surface area contributed by atoms with Gasteiger partial charge in [-0.05, 0) is 31.0 Å². The van der Waals surface area contributed by atoms with E-state index in [0.29, 0.717) is 6.42 Å². The molecule has 0 aliphatic carbocycles. The van der Waals surface area contributed by atoms with Crippen molar-refractivity contribution < 1.29 is 4.79 Å². The summed E-state index contributed by atoms with van der Waals surface area (Å²) in [5.41, 5.74) is 4.49. The molecule has 0 aromatic heterocycles. The highest BCUT2D eigenvalue weighted by Gasteiger charge is 2.02. The molecule has 0 spiro atoms. The maximum Gasteiger partial charge on any atom is 0.240 e. The summed E-state index contributed by atoms with van der Waals surface area (Å²) in [6, 6.07) is 7.90. The van der Waals surface area contributed by atoms with Crippen LogP contribution in [0.3, 0.4) is 0 Å². The van der Waals surface area contributed by atoms with Crippen LogP contribution in [0, 0.1) is 0 Å². The monoisotopic (exact) mass is 380 g/mol. The first-order valence-electron chi connectivity index (χ1n) is 8.72. The molecule has 0 bridgehead atoms. The van der Waals surface area contributed by atoms with Crippen molar-refractivity contribution >= 4 is 27.5 Å². The maximum atomic E-state index is 11.8. The Morgan fingerprint density at radius 2 is 1.57 bits per heavy atom. The number of nitrogens with zero attached hydrogens (tertiary/aromatic N) is 1. The second kappa shape index (κ2) is 12.3. The molecule has 1 N–H and O–H groups in total. The average Bonchev–Trinajstić information content (AvgIpc) is 2.55. The fourth-order valence-corrected chi connectivity index (χ4v) is 2.64. The van der Waals surface area contributed by atoms with Crippen molar-refractivity contribution in [1.82, 2.24) is 5.43 Å². The average molecular weight is 381 g/mol. The number of hydrogen-bond acceptors (Lipinski definition) is 2. The van der Waals surface area contributed by atoms with Gasteiger partial charge in [-0.3, -0.25) is 4.79 Å². The summed E-state index contributed by atoms with van der Waals surface area (Å²) in [7, 11) is 0. The SMILES string of the molecule is CCCCCCCCCCC(=O)NN=C(C)c1ccc(Br)cc1. The minimum atomic E-state index is 0.00689. The van der Waals surface area contributed by atoms with Crippen molar-refractivity contribution in [1.29, 1.82) is 0 Å². The number of carbonyl (C=O) groups is 1. The number of unbranched alkanes of at least 4 members (excludes halogenated alkanes) is 7. The zero-order valence-corrected chi connectivity index (χ0v) is 16.0. The number of benzene rings is 1. The molecular formula is C19H29BrN2O. The van der Waals surface area contributed by atoms with Crippen LogP contribution in [0.1, 0.15) is 77.2 Å². The number of hydrogen-bond donors (Lipinski definition) is 1. The second-order valence-corrected chi connectivity index (χ2v) is 6.88. The molecule has 0 fully saturated rings. The summed E-state index contributed by atoms with van der Waals surface area (Å²) in [6.07, 6.45) is 10.5. The van der Waals surface area contributed by atoms with E-state index in [1.54, 1.807) is 0 Å². The molecule has 0 aliphatic rings. The Bertz CT molecular complexity index is 483. The van der Waals surface area contributed by atoms with E-state index in [1.807, 2.05) is 31.2 Å². The Morgan fingerprint density at radius 3 is 2.17 bits per heavy atom. The van der Waals surface area contributed by atoms with Gasteiger partial charge in [-0.15, -0.1) is 0 Å². The first kappa shape index (κ1) is 19.9. The molecule has 23 heavy (non-hydrogen) atoms. The van der Waals surface area contributed by atoms with Crippen LogP contribution in [-0.2, 0) is 4.79 Å². The molecule has 3 nitrogen and oxygen atoms in total. The zero-order chi connectivity index (χ0) is 16.9. The van der Waals surface area contributed by atoms with Crippen LogP contribution in [-0.4, -0.2) is 11.6 Å². The summed E-state index contributed by atoms with van der Waals surface area (Å²) < 4.78 is 1.03. The number of carbonyl (C=O) groups excluding carboxylic acids is 1. The molecule has 1 rings (SSSR count). The first-order chi connectivity index (χ1) is 11.1. The molecule has 0 heterocycles. The van der Waals surface area contributed by atoms with Crippen LogP contribution in [0.2, 0.25) is 0 Å². The molecule has 0 saturated carbocycles. The molecule has 0 aliphatic heterocycles. The lowest BCUT2D eigenvalue weighted by atomic mass is 10.1. The van der Waals surface area contributed by atoms with Crippen LogP contribution in [0.25, 0.3) is 0 Å². The van der Waals surface area contributed by atoms with E-state index in [2.05, 4.69) is 33.4 Å². The minimum absolute atomic E-state index is 0.00689. The lowest BCUT2D eigenvalue weighted by Crippen LogP contribution is -2.18. The number of rotatable bonds is 11. The van der Waals surface area contributed by atoms with E-state index in [9.17, 15) is 4.79 Å². The third-order valence-corrected chi connectivity index (χ3v) is 4.40. The van der Waals surface area contributed by atoms with Crippen LogP contribution < -0.4 is 5.43 Å². The van der Waals surface area contributed by atoms with Crippen molar-refractivity contribution in [2.75, 3.05) is 0 Å². The summed E-state index contributed by atoms with van der Waals surface area (Å²) in [5.74, 6) is 0.00689. The molecule has 4 heteroatoms. The summed E-state index contributed by atoms with van der Waals surface area (Å²) >= 11 is 3.41. The molecule has 1 aromatic carbocycles. The fraction of sp³-hybridized carbons (Fsp3) is 0.579. The van der Waals surface area contributed by atoms with Crippen LogP contribution >= 0.6 is 15.9 Å². The maximum absolute atomic E-state index is 11.8. The second-order valence-electron chi connectivity index (χ2n) is 5.96. The molecule has 0 unspecified atom stereocenters. The fourth-order valence-electron chi connectivity index (χ4n) is 2.38. The van der Waals surface area contributed by atoms with Crippen LogP contribution in [0.15, 0.2) is 33.8 Å². The van der Waals surface area contributed by atoms with Crippen LogP contribution in [0.5, 0.6) is 0 Å². The predicted octanol–water partition coefficient (Wildman–Crippen LogP) is 5.82. The standard InChI is InChI=1S/C19H29BrN2O/c1-3-4-5-6-7-8-9-10-11-19(23)22-21-16(2)17-12-14-18(20)15-13-17/h12-15H,3-11H2,1-2H3,(H,22,23). The summed E-state index contributed by atoms with van der Waals surface area (Å²) in [4.78, 5) is 11.8. The highest BCUT2D eigenvalue weighted by Crippen LogP contribution is 2.11. The minimum Gasteiger partial charge on any atom is -0.273 e. The van der Waals surface area contributed by atoms with Gasteiger partial charge < -0.3 is 0 Å². The smallest absolute Gasteiger partial charge is 0.240 e. The number of nitrogens with one attached hydrogen (secondary N) is 1. The van der Waals surface area contributed by atoms with E-state index < -0.39 is 0 Å². The van der Waals surface area contributed by atoms with Crippen molar-refractivity contribution in [3.63, 3.8) is 0 Å². The Balaban J connectivity index is 2.14. The summed E-state index contributed by atoms with van der Waals surface area (Å²) in [5, 5.41) is 4.17. The number of hydrazone groups is 1. The van der Waals surface area contributed by atoms with Gasteiger partial charge in [0.15, 0.2) is 0 Å². The number of halogens is 1. The van der Waals surface area contributed by atoms with Gasteiger partial charge in [-0.25, -0.2) is 5.43 Å². The predicted molar refractivity (Wildman–Crippen MR) is 102 cm³/mol. The van der Waals surface area contributed by atoms with Gasteiger partial charge in [0, 0.05) is 10.9 Å². The van der Waals surface area contributed by atoms with E-state index in [-0.39, 0.29) is 5.91 Å². The van der Waals surface area contributed by atoms with Crippen LogP contribution in [0.4, 0.5) is 0 Å². The molecule has 1 aromatic rings. The van der Waals surface area contributed by atoms with Gasteiger partial charge in [-0.2, -0.15) is 5.10 Å². The topological polar surface area (TPSA) is 41.5 Å². The third kappa shape index (κ3) is 9.54. The lowest BCUT2D eigenvalue weighted by Gasteiger charge is -2.04. The lowest BCUT2D eigenvalue weighted by molar-refractivity contribution is -0.121. The molecule has 0 radical (unpaired) electrons. The largest absolute Gasteiger partial charge is 0.273 e. The Labute approximate surface area is 149 Å². The van der Waals surface area contributed by atoms with Crippen molar-refractivity contribution in [2.45, 2.75) is 71.6 Å². The molecular weight excluding hydrogens is 352 g/mol. The first-order valence-corrected chi connectivity index (χ1v) is 9.52. The van der Waals surface area contributed by atoms with E-state index in [1.165, 1.54) is 38.5 Å². The number of amides is 1. The van der Waals surface area contributed by atoms with Crippen molar-refractivity contribution in [3.05, 3.63) is 34.3 Å². The Morgan fingerprint density at radius 1 is 1.00 bits per heavy atom. The molecule has 128 valence electrons. The highest BCUT2D eigenvalue weighted by molar-refractivity contribution is 9.10. The molecule has 0 atom stereocenters. The van der Waals surface area contributed by atoms with Gasteiger partial charge in [0.25, 0.3) is 0 Å². The zero-order valence-electron chi connectivity index (χ0n) is 14.4. The quantitative estimate of drug-likeness (QED) is 0.293. The van der Waals surface area contributed by atoms with Gasteiger partial charge >= 0.3 is 0 Å². The van der Waals surface area contributed by atoms with E-state index in [0.717, 1.165) is 28.6 Å². The Hall–Kier alpha value is -1.16. The van der Waals surface area contributed by atoms with Gasteiger partial charge in [-0.1, -0.05) is 79.9 Å². The highest BCUT2D eigenvalue weighted by atomic mass is 79.9. The Kier molecular flexibility index (Phi) is 10.6. The summed E-state index contributed by atoms with van der Waals surface area (Å²) in [6.45, 7) is 4.14. The van der Waals surface area contributed by atoms with Crippen molar-refractivity contribution in [2.24, 2.45) is 5.10 Å². The van der Waals surface area contributed by atoms with E-state index >= 15 is 0 Å². The van der Waals surface area contributed by atoms with Crippen molar-refractivity contribution in [3.8, 4) is 0 Å². The van der Waals surface area contributed by atoms with Gasteiger partial charge in [0.2, 0.25) is 5.91 Å². The van der Waals surface area contributed by atoms with Gasteiger partial charge in [0.1, 0.15) is 0 Å². The molecule has 1 amide bonds. The van der Waals surface area contributed by atoms with E-state index in [4.69, 9.17) is 0 Å². The molecule has 0 saturated heterocycles. The normalized spacial score (nSPS) is 11.5.